The molecule has 0 aromatic heterocycles. The van der Waals surface area contributed by atoms with E-state index in [9.17, 15) is 10.2 Å². The van der Waals surface area contributed by atoms with Crippen LogP contribution in [0.4, 0.5) is 0 Å². The molecule has 5 aliphatic rings. The number of benzene rings is 5. The molecule has 5 aromatic rings. The first-order valence-corrected chi connectivity index (χ1v) is 35.6. The number of aliphatic hydroxyl groups is 10. The predicted molar refractivity (Wildman–Crippen MR) is 405 cm³/mol. The second kappa shape index (κ2) is 58.2. The molecular weight excluding hydrogens is 1280 g/mol. The Bertz CT molecular complexity index is 2750. The maximum absolute atomic E-state index is 9.88. The molecule has 0 radical (unpaired) electrons. The molecule has 10 rings (SSSR count). The van der Waals surface area contributed by atoms with Crippen LogP contribution in [0.15, 0.2) is 227 Å². The lowest BCUT2D eigenvalue weighted by atomic mass is 9.94. The number of aliphatic hydroxyl groups excluding tert-OH is 10. The van der Waals surface area contributed by atoms with E-state index in [0.29, 0.717) is 63.8 Å². The van der Waals surface area contributed by atoms with Gasteiger partial charge in [-0.3, -0.25) is 9.80 Å². The van der Waals surface area contributed by atoms with Crippen molar-refractivity contribution in [1.29, 1.82) is 0 Å². The normalized spacial score (nSPS) is 21.5. The van der Waals surface area contributed by atoms with Crippen molar-refractivity contribution in [2.75, 3.05) is 112 Å². The molecule has 0 saturated carbocycles. The summed E-state index contributed by atoms with van der Waals surface area (Å²) in [5.74, 6) is 1.42. The largest absolute Gasteiger partial charge is 0.396 e. The van der Waals surface area contributed by atoms with Gasteiger partial charge >= 0.3 is 0 Å². The van der Waals surface area contributed by atoms with Gasteiger partial charge in [-0.15, -0.1) is 26.3 Å². The van der Waals surface area contributed by atoms with Crippen LogP contribution in [-0.4, -0.2) is 215 Å². The van der Waals surface area contributed by atoms with Crippen molar-refractivity contribution in [1.82, 2.24) is 20.4 Å². The van der Waals surface area contributed by atoms with Gasteiger partial charge in [-0.2, -0.15) is 0 Å². The molecule has 5 saturated heterocycles. The second-order valence-electron chi connectivity index (χ2n) is 25.4. The summed E-state index contributed by atoms with van der Waals surface area (Å²) in [6, 6.07) is 51.9. The molecule has 5 fully saturated rings. The van der Waals surface area contributed by atoms with Gasteiger partial charge in [0.1, 0.15) is 12.2 Å². The SMILES string of the molecule is C1CN[C@@H]2CNC[C@@H]2C1.C=CC[C@@H](CO)[C@@H](O)CO.C=CC[C@@H](CO)[C@@H](O)COCc1ccccc1.C=CC[C@H]1CN(Cc2ccccc2)C[C@@H]1O.C=CC[C@H]1CN(Cc2ccccc2)C[C@H]1N.OC/C=C\CO.OC/C=C\COCc1ccccc1.OC[C@H]1O[C@H]1COCc1ccccc1. The fourth-order valence-electron chi connectivity index (χ4n) is 11.5. The minimum atomic E-state index is -0.831. The maximum Gasteiger partial charge on any atom is 0.110 e. The van der Waals surface area contributed by atoms with E-state index in [4.69, 9.17) is 65.5 Å². The van der Waals surface area contributed by atoms with Gasteiger partial charge in [-0.25, -0.2) is 0 Å². The van der Waals surface area contributed by atoms with Gasteiger partial charge in [0.25, 0.3) is 0 Å². The van der Waals surface area contributed by atoms with Crippen molar-refractivity contribution in [3.8, 4) is 0 Å². The highest BCUT2D eigenvalue weighted by Crippen LogP contribution is 2.25. The van der Waals surface area contributed by atoms with Crippen LogP contribution >= 0.6 is 0 Å². The Kier molecular flexibility index (Phi) is 51.3. The van der Waals surface area contributed by atoms with E-state index >= 15 is 0 Å². The van der Waals surface area contributed by atoms with Crippen molar-refractivity contribution >= 4 is 0 Å². The number of epoxide rings is 1. The van der Waals surface area contributed by atoms with Crippen LogP contribution < -0.4 is 16.4 Å². The fraction of sp³-hybridized carbons (Fsp3) is 0.488. The van der Waals surface area contributed by atoms with Crippen molar-refractivity contribution in [3.63, 3.8) is 0 Å². The number of fused-ring (bicyclic) bond motifs is 1. The summed E-state index contributed by atoms with van der Waals surface area (Å²) in [6.07, 6.45) is 17.9. The molecule has 0 spiro atoms. The number of likely N-dealkylation sites (tertiary alicyclic amines) is 2. The Hall–Kier alpha value is -6.22. The van der Waals surface area contributed by atoms with Crippen LogP contribution in [0.1, 0.15) is 66.3 Å². The topological polar surface area (TPSA) is 299 Å². The summed E-state index contributed by atoms with van der Waals surface area (Å²) in [7, 11) is 0. The van der Waals surface area contributed by atoms with Crippen LogP contribution in [0.3, 0.4) is 0 Å². The minimum absolute atomic E-state index is 0.00535. The lowest BCUT2D eigenvalue weighted by Gasteiger charge is -2.24. The van der Waals surface area contributed by atoms with Gasteiger partial charge in [-0.1, -0.05) is 200 Å². The van der Waals surface area contributed by atoms with Crippen molar-refractivity contribution in [2.24, 2.45) is 35.3 Å². The van der Waals surface area contributed by atoms with E-state index in [1.54, 1.807) is 18.2 Å². The Morgan fingerprint density at radius 1 is 0.515 bits per heavy atom. The first-order valence-electron chi connectivity index (χ1n) is 35.6. The lowest BCUT2D eigenvalue weighted by molar-refractivity contribution is -0.0152. The number of ether oxygens (including phenoxy) is 4. The first-order chi connectivity index (χ1) is 49.3. The van der Waals surface area contributed by atoms with Gasteiger partial charge in [0.15, 0.2) is 0 Å². The molecule has 101 heavy (non-hydrogen) atoms. The molecule has 0 aliphatic carbocycles. The zero-order valence-corrected chi connectivity index (χ0v) is 59.7. The number of nitrogens with zero attached hydrogens (tertiary/aromatic N) is 2. The molecular formula is C82H123N5O14. The summed E-state index contributed by atoms with van der Waals surface area (Å²) in [5.41, 5.74) is 12.2. The predicted octanol–water partition coefficient (Wildman–Crippen LogP) is 7.55. The summed E-state index contributed by atoms with van der Waals surface area (Å²) in [4.78, 5) is 4.75. The second-order valence-corrected chi connectivity index (χ2v) is 25.4. The van der Waals surface area contributed by atoms with Gasteiger partial charge in [0.05, 0.1) is 91.0 Å². The van der Waals surface area contributed by atoms with E-state index in [-0.39, 0.29) is 83.0 Å². The third-order valence-electron chi connectivity index (χ3n) is 17.3. The number of nitrogens with one attached hydrogen (secondary N) is 2. The van der Waals surface area contributed by atoms with Crippen LogP contribution in [0.2, 0.25) is 0 Å². The monoisotopic (exact) mass is 1400 g/mol. The number of hydrogen-bond donors (Lipinski definition) is 13. The Morgan fingerprint density at radius 3 is 1.43 bits per heavy atom. The van der Waals surface area contributed by atoms with E-state index in [1.165, 1.54) is 61.3 Å². The summed E-state index contributed by atoms with van der Waals surface area (Å²) in [6.45, 7) is 26.9. The molecule has 19 nitrogen and oxygen atoms in total. The molecule has 0 unspecified atom stereocenters. The highest BCUT2D eigenvalue weighted by molar-refractivity contribution is 5.18. The zero-order chi connectivity index (χ0) is 73.3. The molecule has 0 amide bonds. The molecule has 560 valence electrons. The van der Waals surface area contributed by atoms with Crippen LogP contribution in [-0.2, 0) is 51.9 Å². The van der Waals surface area contributed by atoms with E-state index < -0.39 is 12.2 Å². The van der Waals surface area contributed by atoms with E-state index in [0.717, 1.165) is 75.2 Å². The Balaban J connectivity index is 0.000000305. The molecule has 14 N–H and O–H groups in total. The first kappa shape index (κ1) is 89.0. The van der Waals surface area contributed by atoms with E-state index in [1.807, 2.05) is 115 Å². The fourth-order valence-corrected chi connectivity index (χ4v) is 11.5. The molecule has 5 aromatic carbocycles. The van der Waals surface area contributed by atoms with Crippen molar-refractivity contribution in [2.45, 2.75) is 114 Å². The lowest BCUT2D eigenvalue weighted by Crippen LogP contribution is -2.40. The van der Waals surface area contributed by atoms with Crippen LogP contribution in [0, 0.1) is 29.6 Å². The molecule has 12 atom stereocenters. The summed E-state index contributed by atoms with van der Waals surface area (Å²) in [5, 5.41) is 94.9. The molecule has 19 heteroatoms. The third-order valence-corrected chi connectivity index (χ3v) is 17.3. The summed E-state index contributed by atoms with van der Waals surface area (Å²) >= 11 is 0. The smallest absolute Gasteiger partial charge is 0.110 e. The van der Waals surface area contributed by atoms with Crippen LogP contribution in [0.25, 0.3) is 0 Å². The minimum Gasteiger partial charge on any atom is -0.396 e. The van der Waals surface area contributed by atoms with Gasteiger partial charge in [0.2, 0.25) is 0 Å². The molecule has 5 heterocycles. The number of rotatable bonds is 33. The number of piperidine rings is 1. The van der Waals surface area contributed by atoms with Crippen molar-refractivity contribution in [3.05, 3.63) is 254 Å². The van der Waals surface area contributed by atoms with Gasteiger partial charge < -0.3 is 86.4 Å². The van der Waals surface area contributed by atoms with Gasteiger partial charge in [0, 0.05) is 88.9 Å². The van der Waals surface area contributed by atoms with Gasteiger partial charge in [-0.05, 0) is 91.3 Å². The third kappa shape index (κ3) is 41.0. The van der Waals surface area contributed by atoms with E-state index in [2.05, 4.69) is 101 Å². The molecule has 0 bridgehead atoms. The highest BCUT2D eigenvalue weighted by atomic mass is 16.6. The number of hydrogen-bond acceptors (Lipinski definition) is 19. The molecule has 5 aliphatic heterocycles. The number of allylic oxidation sites excluding steroid dienone is 4. The highest BCUT2D eigenvalue weighted by Gasteiger charge is 2.38. The Labute approximate surface area is 603 Å². The maximum atomic E-state index is 9.88. The summed E-state index contributed by atoms with van der Waals surface area (Å²) < 4.78 is 21.3. The van der Waals surface area contributed by atoms with Crippen molar-refractivity contribution < 1.29 is 70.0 Å². The Morgan fingerprint density at radius 2 is 0.970 bits per heavy atom. The average molecular weight is 1400 g/mol. The average Bonchev–Trinajstić information content (AvgIpc) is 1.74. The van der Waals surface area contributed by atoms with Crippen LogP contribution in [0.5, 0.6) is 0 Å². The quantitative estimate of drug-likeness (QED) is 0.0110. The number of β-amino-alcohol motifs (C(OH)–C–C–N with tert-alkyl or cyclic N) is 1. The standard InChI is InChI=1S/C14H20N2.C14H19NO.C14H20O3.C11H14O3.C11H14O2.C7H14N2.C7H14O3.C4H8O2/c1-2-6-13-10-16(11-14(13)15)9-12-7-4-3-5-8-12;1-2-6-13-10-15(11-14(13)16)9-12-7-4-3-5-8-12;1-2-6-13(9-15)14(16)11-17-10-12-7-4-3-5-8-12;12-6-10-11(14-10)8-13-7-9-4-2-1-3-5-9;12-8-4-5-9-13-10-11-6-2-1-3-7-11;1-2-6-4-8-5-7(6)9-3-1;1-2-3-6(4-8)7(10)5-9;5-3-1-2-4-6/h2-5,7-8,13-14H,1,6,9-11,15H2;2-5,7-8,13-14,16H,1,6,9-11H2;2-5,7-8,13-16H,1,6,9-11H2;1-5,10-12H,6-8H2;1-7,12H,8-10H2;6-9H,1-5H2;2,6-10H,1,3-5H2;1-2,5-6H,3-4H2/b;;;;5-4-;;;2-1-/t13-,14+;2*13-,14-;10-,11+;;6-,7+;6-,7-;/m0001.00./s1. The number of nitrogens with two attached hydrogens (primary N) is 1. The zero-order valence-electron chi connectivity index (χ0n) is 59.7.